The number of carbonyl (C=O) groups is 1. The highest BCUT2D eigenvalue weighted by Crippen LogP contribution is 2.21. The third kappa shape index (κ3) is 4.28. The van der Waals surface area contributed by atoms with Gasteiger partial charge in [0.25, 0.3) is 0 Å². The lowest BCUT2D eigenvalue weighted by atomic mass is 10.1. The van der Waals surface area contributed by atoms with Crippen molar-refractivity contribution in [2.24, 2.45) is 5.92 Å². The molecule has 1 amide bonds. The monoisotopic (exact) mass is 288 g/mol. The van der Waals surface area contributed by atoms with Crippen molar-refractivity contribution in [3.05, 3.63) is 0 Å². The molecule has 4 unspecified atom stereocenters. The molecule has 0 radical (unpaired) electrons. The fraction of sp³-hybridized carbons (Fsp3) is 0.929. The van der Waals surface area contributed by atoms with E-state index in [1.807, 2.05) is 11.8 Å². The van der Waals surface area contributed by atoms with Gasteiger partial charge in [0.05, 0.1) is 12.2 Å². The highest BCUT2D eigenvalue weighted by molar-refractivity contribution is 7.84. The molecule has 1 saturated heterocycles. The summed E-state index contributed by atoms with van der Waals surface area (Å²) in [5, 5.41) is 3.47. The van der Waals surface area contributed by atoms with E-state index in [1.54, 1.807) is 6.26 Å². The number of nitrogens with zero attached hydrogens (tertiary/aromatic N) is 1. The fourth-order valence-electron chi connectivity index (χ4n) is 2.46. The average molecular weight is 288 g/mol. The van der Waals surface area contributed by atoms with Crippen LogP contribution in [0.15, 0.2) is 0 Å². The van der Waals surface area contributed by atoms with E-state index in [2.05, 4.69) is 26.1 Å². The van der Waals surface area contributed by atoms with Crippen LogP contribution in [-0.4, -0.2) is 45.3 Å². The van der Waals surface area contributed by atoms with E-state index in [1.165, 1.54) is 0 Å². The lowest BCUT2D eigenvalue weighted by Gasteiger charge is -2.29. The molecule has 112 valence electrons. The van der Waals surface area contributed by atoms with Gasteiger partial charge in [-0.3, -0.25) is 14.3 Å². The summed E-state index contributed by atoms with van der Waals surface area (Å²) in [4.78, 5) is 14.3. The van der Waals surface area contributed by atoms with Gasteiger partial charge in [0, 0.05) is 28.9 Å². The van der Waals surface area contributed by atoms with Gasteiger partial charge >= 0.3 is 0 Å². The molecule has 5 heteroatoms. The Balaban J connectivity index is 2.74. The number of amides is 1. The fourth-order valence-corrected chi connectivity index (χ4v) is 2.83. The molecule has 0 aromatic rings. The van der Waals surface area contributed by atoms with E-state index >= 15 is 0 Å². The molecule has 0 aliphatic carbocycles. The maximum absolute atomic E-state index is 12.4. The third-order valence-corrected chi connectivity index (χ3v) is 5.07. The minimum atomic E-state index is -0.888. The van der Waals surface area contributed by atoms with E-state index in [0.717, 1.165) is 19.3 Å². The maximum atomic E-state index is 12.4. The van der Waals surface area contributed by atoms with Gasteiger partial charge in [-0.1, -0.05) is 33.6 Å². The molecule has 0 spiro atoms. The standard InChI is InChI=1S/C14H28N2O2S/c1-6-7-8-12-14(17)16(9-11(4)19(5)18)13(15-12)10(2)3/h10-13,15H,6-9H2,1-5H3. The molecule has 0 bridgehead atoms. The molecule has 1 rings (SSSR count). The van der Waals surface area contributed by atoms with Crippen LogP contribution in [0.5, 0.6) is 0 Å². The molecule has 19 heavy (non-hydrogen) atoms. The second-order valence-corrected chi connectivity index (χ2v) is 7.65. The highest BCUT2D eigenvalue weighted by atomic mass is 32.2. The van der Waals surface area contributed by atoms with Crippen LogP contribution in [0, 0.1) is 5.92 Å². The van der Waals surface area contributed by atoms with Crippen LogP contribution in [0.3, 0.4) is 0 Å². The molecule has 1 aliphatic rings. The van der Waals surface area contributed by atoms with Gasteiger partial charge in [-0.05, 0) is 19.3 Å². The molecule has 0 aromatic heterocycles. The van der Waals surface area contributed by atoms with Gasteiger partial charge in [0.2, 0.25) is 5.91 Å². The zero-order chi connectivity index (χ0) is 14.6. The SMILES string of the molecule is CCCCC1NC(C(C)C)N(CC(C)S(C)=O)C1=O. The number of unbranched alkanes of at least 4 members (excludes halogenated alkanes) is 1. The largest absolute Gasteiger partial charge is 0.324 e. The zero-order valence-corrected chi connectivity index (χ0v) is 13.6. The van der Waals surface area contributed by atoms with E-state index < -0.39 is 10.8 Å². The second-order valence-electron chi connectivity index (χ2n) is 5.85. The van der Waals surface area contributed by atoms with Crippen molar-refractivity contribution in [1.82, 2.24) is 10.2 Å². The molecule has 4 nitrogen and oxygen atoms in total. The molecule has 1 aliphatic heterocycles. The smallest absolute Gasteiger partial charge is 0.241 e. The van der Waals surface area contributed by atoms with E-state index in [0.29, 0.717) is 12.5 Å². The number of hydrogen-bond acceptors (Lipinski definition) is 3. The van der Waals surface area contributed by atoms with Crippen LogP contribution in [0.2, 0.25) is 0 Å². The average Bonchev–Trinajstić information content (AvgIpc) is 2.64. The summed E-state index contributed by atoms with van der Waals surface area (Å²) in [5.74, 6) is 0.553. The molecule has 0 saturated carbocycles. The molecule has 1 fully saturated rings. The summed E-state index contributed by atoms with van der Waals surface area (Å²) in [5.41, 5.74) is 0. The van der Waals surface area contributed by atoms with Crippen molar-refractivity contribution in [3.8, 4) is 0 Å². The van der Waals surface area contributed by atoms with Gasteiger partial charge in [-0.15, -0.1) is 0 Å². The van der Waals surface area contributed by atoms with Crippen LogP contribution in [0.1, 0.15) is 47.0 Å². The van der Waals surface area contributed by atoms with Gasteiger partial charge < -0.3 is 4.90 Å². The highest BCUT2D eigenvalue weighted by Gasteiger charge is 2.40. The first-order valence-corrected chi connectivity index (χ1v) is 8.89. The number of nitrogens with one attached hydrogen (secondary N) is 1. The van der Waals surface area contributed by atoms with Crippen molar-refractivity contribution >= 4 is 16.7 Å². The number of rotatable bonds is 7. The van der Waals surface area contributed by atoms with Crippen LogP contribution < -0.4 is 5.32 Å². The Kier molecular flexibility index (Phi) is 6.47. The van der Waals surface area contributed by atoms with E-state index in [-0.39, 0.29) is 23.4 Å². The molecule has 1 heterocycles. The van der Waals surface area contributed by atoms with Crippen molar-refractivity contribution in [1.29, 1.82) is 0 Å². The summed E-state index contributed by atoms with van der Waals surface area (Å²) >= 11 is 0. The molecule has 4 atom stereocenters. The molecular weight excluding hydrogens is 260 g/mol. The van der Waals surface area contributed by atoms with Crippen molar-refractivity contribution in [3.63, 3.8) is 0 Å². The summed E-state index contributed by atoms with van der Waals surface area (Å²) in [6.45, 7) is 8.90. The first kappa shape index (κ1) is 16.6. The lowest BCUT2D eigenvalue weighted by Crippen LogP contribution is -2.45. The molecular formula is C14H28N2O2S. The first-order chi connectivity index (χ1) is 8.88. The van der Waals surface area contributed by atoms with Gasteiger partial charge in [0.15, 0.2) is 0 Å². The Labute approximate surface area is 119 Å². The van der Waals surface area contributed by atoms with E-state index in [9.17, 15) is 9.00 Å². The Morgan fingerprint density at radius 1 is 1.37 bits per heavy atom. The summed E-state index contributed by atoms with van der Waals surface area (Å²) < 4.78 is 11.5. The minimum Gasteiger partial charge on any atom is -0.324 e. The second kappa shape index (κ2) is 7.39. The Morgan fingerprint density at radius 3 is 2.47 bits per heavy atom. The predicted octanol–water partition coefficient (Wildman–Crippen LogP) is 1.73. The zero-order valence-electron chi connectivity index (χ0n) is 12.8. The van der Waals surface area contributed by atoms with Crippen LogP contribution in [0.25, 0.3) is 0 Å². The van der Waals surface area contributed by atoms with Gasteiger partial charge in [-0.2, -0.15) is 0 Å². The summed E-state index contributed by atoms with van der Waals surface area (Å²) in [7, 11) is -0.888. The van der Waals surface area contributed by atoms with Crippen molar-refractivity contribution in [2.75, 3.05) is 12.8 Å². The minimum absolute atomic E-state index is 0.0249. The van der Waals surface area contributed by atoms with E-state index in [4.69, 9.17) is 0 Å². The summed E-state index contributed by atoms with van der Waals surface area (Å²) in [6.07, 6.45) is 4.86. The van der Waals surface area contributed by atoms with Crippen LogP contribution in [0.4, 0.5) is 0 Å². The van der Waals surface area contributed by atoms with Crippen molar-refractivity contribution in [2.45, 2.75) is 64.4 Å². The Bertz CT molecular complexity index is 333. The maximum Gasteiger partial charge on any atom is 0.241 e. The Hall–Kier alpha value is -0.420. The van der Waals surface area contributed by atoms with Gasteiger partial charge in [-0.25, -0.2) is 0 Å². The first-order valence-electron chi connectivity index (χ1n) is 7.27. The van der Waals surface area contributed by atoms with Gasteiger partial charge in [0.1, 0.15) is 0 Å². The Morgan fingerprint density at radius 2 is 2.00 bits per heavy atom. The number of hydrogen-bond donors (Lipinski definition) is 1. The molecule has 1 N–H and O–H groups in total. The quantitative estimate of drug-likeness (QED) is 0.776. The topological polar surface area (TPSA) is 49.4 Å². The normalized spacial score (nSPS) is 27.1. The van der Waals surface area contributed by atoms with Crippen molar-refractivity contribution < 1.29 is 9.00 Å². The lowest BCUT2D eigenvalue weighted by molar-refractivity contribution is -0.130. The molecule has 0 aromatic carbocycles. The number of carbonyl (C=O) groups excluding carboxylic acids is 1. The third-order valence-electron chi connectivity index (χ3n) is 3.79. The van der Waals surface area contributed by atoms with Crippen LogP contribution in [-0.2, 0) is 15.6 Å². The predicted molar refractivity (Wildman–Crippen MR) is 80.3 cm³/mol. The summed E-state index contributed by atoms with van der Waals surface area (Å²) in [6, 6.07) is -0.0511. The van der Waals surface area contributed by atoms with Crippen LogP contribution >= 0.6 is 0 Å².